The maximum absolute atomic E-state index is 3.44. The topological polar surface area (TPSA) is 12.0 Å². The van der Waals surface area contributed by atoms with Gasteiger partial charge in [-0.3, -0.25) is 0 Å². The first-order chi connectivity index (χ1) is 9.16. The van der Waals surface area contributed by atoms with Crippen molar-refractivity contribution >= 4 is 24.6 Å². The first-order valence-corrected chi connectivity index (χ1v) is 8.56. The zero-order valence-electron chi connectivity index (χ0n) is 11.8. The van der Waals surface area contributed by atoms with Gasteiger partial charge in [0.25, 0.3) is 0 Å². The minimum atomic E-state index is 0.0899. The van der Waals surface area contributed by atoms with Crippen LogP contribution in [0.25, 0.3) is 0 Å². The summed E-state index contributed by atoms with van der Waals surface area (Å²) < 4.78 is 1.53. The second-order valence-corrected chi connectivity index (χ2v) is 6.89. The van der Waals surface area contributed by atoms with E-state index < -0.39 is 0 Å². The van der Waals surface area contributed by atoms with E-state index in [1.165, 1.54) is 26.6 Å². The predicted octanol–water partition coefficient (Wildman–Crippen LogP) is 2.49. The number of hydrogen-bond donors (Lipinski definition) is 1. The second-order valence-electron chi connectivity index (χ2n) is 4.87. The van der Waals surface area contributed by atoms with Crippen molar-refractivity contribution in [3.05, 3.63) is 64.7 Å². The summed E-state index contributed by atoms with van der Waals surface area (Å²) in [4.78, 5) is 2.26. The molecule has 0 atom stereocenters. The molecular weight excluding hydrogens is 293 g/mol. The van der Waals surface area contributed by atoms with Gasteiger partial charge < -0.3 is 0 Å². The molecule has 0 unspecified atom stereocenters. The fourth-order valence-electron chi connectivity index (χ4n) is 2.25. The first-order valence-electron chi connectivity index (χ1n) is 6.54. The van der Waals surface area contributed by atoms with Gasteiger partial charge >= 0.3 is 122 Å². The van der Waals surface area contributed by atoms with E-state index in [0.717, 1.165) is 6.54 Å². The Morgan fingerprint density at radius 2 is 1.63 bits per heavy atom. The zero-order chi connectivity index (χ0) is 13.7. The van der Waals surface area contributed by atoms with Crippen molar-refractivity contribution < 1.29 is 0 Å². The SMILES string of the molecule is Cc1cc(C)c([As]=CNCc2ccccc2)c(C)c1. The van der Waals surface area contributed by atoms with Crippen LogP contribution in [0.2, 0.25) is 0 Å². The summed E-state index contributed by atoms with van der Waals surface area (Å²) in [7, 11) is 0. The van der Waals surface area contributed by atoms with E-state index in [1.807, 2.05) is 0 Å². The molecule has 2 heteroatoms. The standard InChI is InChI=1S/C17H20AsN/c1-13-9-14(2)17(15(3)10-13)18-12-19-11-16-7-5-4-6-8-16/h4-10,12,19H,11H2,1-3H3. The van der Waals surface area contributed by atoms with Crippen LogP contribution in [0.4, 0.5) is 0 Å². The van der Waals surface area contributed by atoms with Crippen LogP contribution in [-0.4, -0.2) is 20.2 Å². The molecule has 0 aliphatic heterocycles. The maximum atomic E-state index is 3.44. The molecular formula is C17H20AsN. The van der Waals surface area contributed by atoms with E-state index in [0.29, 0.717) is 0 Å². The van der Waals surface area contributed by atoms with Gasteiger partial charge in [-0.05, 0) is 0 Å². The third kappa shape index (κ3) is 4.16. The summed E-state index contributed by atoms with van der Waals surface area (Å²) in [5.74, 6) is 0. The Hall–Kier alpha value is -1.17. The van der Waals surface area contributed by atoms with Crippen LogP contribution >= 0.6 is 0 Å². The summed E-state index contributed by atoms with van der Waals surface area (Å²) in [5, 5.41) is 3.44. The first kappa shape index (κ1) is 14.2. The van der Waals surface area contributed by atoms with Gasteiger partial charge in [-0.1, -0.05) is 0 Å². The Morgan fingerprint density at radius 1 is 1.00 bits per heavy atom. The Balaban J connectivity index is 2.00. The van der Waals surface area contributed by atoms with Gasteiger partial charge in [-0.25, -0.2) is 0 Å². The molecule has 0 heterocycles. The Labute approximate surface area is 122 Å². The zero-order valence-corrected chi connectivity index (χ0v) is 13.6. The van der Waals surface area contributed by atoms with Gasteiger partial charge in [-0.2, -0.15) is 0 Å². The molecule has 0 aromatic heterocycles. The molecule has 98 valence electrons. The monoisotopic (exact) mass is 313 g/mol. The average Bonchev–Trinajstić information content (AvgIpc) is 2.38. The molecule has 0 radical (unpaired) electrons. The van der Waals surface area contributed by atoms with Crippen molar-refractivity contribution in [2.75, 3.05) is 0 Å². The second kappa shape index (κ2) is 6.84. The fraction of sp³-hybridized carbons (Fsp3) is 0.235. The van der Waals surface area contributed by atoms with Crippen molar-refractivity contribution in [1.29, 1.82) is 0 Å². The quantitative estimate of drug-likeness (QED) is 0.855. The van der Waals surface area contributed by atoms with Crippen LogP contribution in [0.15, 0.2) is 42.5 Å². The van der Waals surface area contributed by atoms with Crippen molar-refractivity contribution in [2.24, 2.45) is 0 Å². The third-order valence-electron chi connectivity index (χ3n) is 3.07. The summed E-state index contributed by atoms with van der Waals surface area (Å²) in [5.41, 5.74) is 5.54. The molecule has 1 nitrogen and oxygen atoms in total. The summed E-state index contributed by atoms with van der Waals surface area (Å²) in [6, 6.07) is 15.1. The molecule has 0 aliphatic rings. The van der Waals surface area contributed by atoms with Gasteiger partial charge in [0.2, 0.25) is 0 Å². The fourth-order valence-corrected chi connectivity index (χ4v) is 4.02. The molecule has 0 amide bonds. The van der Waals surface area contributed by atoms with E-state index >= 15 is 0 Å². The minimum absolute atomic E-state index is 0.0899. The molecule has 1 N–H and O–H groups in total. The van der Waals surface area contributed by atoms with Crippen LogP contribution in [0, 0.1) is 20.8 Å². The molecule has 2 aromatic rings. The molecule has 0 saturated heterocycles. The van der Waals surface area contributed by atoms with E-state index in [9.17, 15) is 0 Å². The van der Waals surface area contributed by atoms with Gasteiger partial charge in [0, 0.05) is 0 Å². The number of nitrogens with one attached hydrogen (secondary N) is 1. The summed E-state index contributed by atoms with van der Waals surface area (Å²) in [6.45, 7) is 7.52. The number of rotatable bonds is 4. The van der Waals surface area contributed by atoms with E-state index in [-0.39, 0.29) is 15.3 Å². The molecule has 2 aromatic carbocycles. The molecule has 0 bridgehead atoms. The molecule has 2 rings (SSSR count). The molecule has 0 aliphatic carbocycles. The predicted molar refractivity (Wildman–Crippen MR) is 85.4 cm³/mol. The Morgan fingerprint density at radius 3 is 2.26 bits per heavy atom. The molecule has 19 heavy (non-hydrogen) atoms. The van der Waals surface area contributed by atoms with Crippen LogP contribution in [0.3, 0.4) is 0 Å². The van der Waals surface area contributed by atoms with Crippen LogP contribution in [-0.2, 0) is 6.54 Å². The van der Waals surface area contributed by atoms with E-state index in [4.69, 9.17) is 0 Å². The average molecular weight is 313 g/mol. The Bertz CT molecular complexity index is 550. The van der Waals surface area contributed by atoms with Gasteiger partial charge in [0.15, 0.2) is 0 Å². The van der Waals surface area contributed by atoms with Crippen molar-refractivity contribution in [3.8, 4) is 0 Å². The van der Waals surface area contributed by atoms with Gasteiger partial charge in [0.1, 0.15) is 0 Å². The third-order valence-corrected chi connectivity index (χ3v) is 5.74. The van der Waals surface area contributed by atoms with Crippen molar-refractivity contribution in [1.82, 2.24) is 5.32 Å². The van der Waals surface area contributed by atoms with E-state index in [2.05, 4.69) is 73.5 Å². The van der Waals surface area contributed by atoms with Crippen LogP contribution < -0.4 is 9.67 Å². The van der Waals surface area contributed by atoms with E-state index in [1.54, 1.807) is 0 Å². The number of aryl methyl sites for hydroxylation is 3. The molecule has 0 fully saturated rings. The van der Waals surface area contributed by atoms with Crippen LogP contribution in [0.5, 0.6) is 0 Å². The van der Waals surface area contributed by atoms with Gasteiger partial charge in [-0.15, -0.1) is 0 Å². The number of benzene rings is 2. The van der Waals surface area contributed by atoms with Crippen molar-refractivity contribution in [2.45, 2.75) is 27.3 Å². The molecule has 0 spiro atoms. The summed E-state index contributed by atoms with van der Waals surface area (Å²) >= 11 is 0.0899. The van der Waals surface area contributed by atoms with Crippen LogP contribution in [0.1, 0.15) is 22.3 Å². The molecule has 0 saturated carbocycles. The normalized spacial score (nSPS) is 11.1. The van der Waals surface area contributed by atoms with Gasteiger partial charge in [0.05, 0.1) is 0 Å². The number of hydrogen-bond acceptors (Lipinski definition) is 1. The Kier molecular flexibility index (Phi) is 5.13. The summed E-state index contributed by atoms with van der Waals surface area (Å²) in [6.07, 6.45) is 0. The van der Waals surface area contributed by atoms with Crippen molar-refractivity contribution in [3.63, 3.8) is 0 Å².